The van der Waals surface area contributed by atoms with Gasteiger partial charge in [-0.1, -0.05) is 11.6 Å². The van der Waals surface area contributed by atoms with E-state index in [0.717, 1.165) is 17.3 Å². The lowest BCUT2D eigenvalue weighted by molar-refractivity contribution is -0.119. The van der Waals surface area contributed by atoms with Crippen molar-refractivity contribution >= 4 is 33.2 Å². The van der Waals surface area contributed by atoms with Crippen molar-refractivity contribution in [3.63, 3.8) is 0 Å². The van der Waals surface area contributed by atoms with E-state index in [2.05, 4.69) is 5.32 Å². The first-order valence-electron chi connectivity index (χ1n) is 9.08. The van der Waals surface area contributed by atoms with Gasteiger partial charge in [0.15, 0.2) is 0 Å². The van der Waals surface area contributed by atoms with E-state index in [-0.39, 0.29) is 17.3 Å². The fourth-order valence-corrected chi connectivity index (χ4v) is 4.15. The summed E-state index contributed by atoms with van der Waals surface area (Å²) in [6, 6.07) is 12.3. The van der Waals surface area contributed by atoms with E-state index in [4.69, 9.17) is 16.3 Å². The van der Waals surface area contributed by atoms with Crippen LogP contribution in [0.15, 0.2) is 53.4 Å². The number of carbonyl (C=O) groups is 1. The fourth-order valence-electron chi connectivity index (χ4n) is 2.61. The molecule has 1 N–H and O–H groups in total. The Balaban J connectivity index is 2.24. The number of hydrogen-bond donors (Lipinski definition) is 1. The molecule has 0 heterocycles. The van der Waals surface area contributed by atoms with Crippen molar-refractivity contribution in [3.8, 4) is 5.75 Å². The molecule has 0 radical (unpaired) electrons. The predicted molar refractivity (Wildman–Crippen MR) is 115 cm³/mol. The molecule has 0 aliphatic carbocycles. The van der Waals surface area contributed by atoms with E-state index in [1.807, 2.05) is 19.0 Å². The molecular formula is C20H26ClN3O4S. The third-order valence-corrected chi connectivity index (χ3v) is 6.19. The Morgan fingerprint density at radius 3 is 2.24 bits per heavy atom. The Morgan fingerprint density at radius 2 is 1.69 bits per heavy atom. The monoisotopic (exact) mass is 439 g/mol. The zero-order valence-corrected chi connectivity index (χ0v) is 18.3. The Labute approximate surface area is 177 Å². The largest absolute Gasteiger partial charge is 0.497 e. The summed E-state index contributed by atoms with van der Waals surface area (Å²) < 4.78 is 32.6. The third kappa shape index (κ3) is 6.62. The van der Waals surface area contributed by atoms with Gasteiger partial charge in [0.2, 0.25) is 5.91 Å². The SMILES string of the molecule is COc1ccc(S(=O)(=O)N(CC(=O)NCCCN(C)C)c2ccc(Cl)cc2)cc1. The van der Waals surface area contributed by atoms with Gasteiger partial charge < -0.3 is 15.0 Å². The minimum atomic E-state index is -3.97. The van der Waals surface area contributed by atoms with E-state index < -0.39 is 10.0 Å². The number of rotatable bonds is 10. The summed E-state index contributed by atoms with van der Waals surface area (Å²) in [5.41, 5.74) is 0.355. The summed E-state index contributed by atoms with van der Waals surface area (Å²) in [5.74, 6) is 0.163. The zero-order chi connectivity index (χ0) is 21.4. The van der Waals surface area contributed by atoms with Crippen molar-refractivity contribution in [2.24, 2.45) is 0 Å². The number of sulfonamides is 1. The number of nitrogens with zero attached hydrogens (tertiary/aromatic N) is 2. The highest BCUT2D eigenvalue weighted by atomic mass is 35.5. The molecule has 0 aromatic heterocycles. The Bertz CT molecular complexity index is 900. The summed E-state index contributed by atoms with van der Waals surface area (Å²) in [7, 11) is 1.44. The highest BCUT2D eigenvalue weighted by molar-refractivity contribution is 7.92. The first-order chi connectivity index (χ1) is 13.7. The highest BCUT2D eigenvalue weighted by Gasteiger charge is 2.27. The molecule has 0 spiro atoms. The number of amides is 1. The van der Waals surface area contributed by atoms with Crippen molar-refractivity contribution < 1.29 is 17.9 Å². The van der Waals surface area contributed by atoms with Gasteiger partial charge in [0.05, 0.1) is 17.7 Å². The number of halogens is 1. The van der Waals surface area contributed by atoms with Gasteiger partial charge in [0, 0.05) is 11.6 Å². The Kier molecular flexibility index (Phi) is 8.31. The van der Waals surface area contributed by atoms with Crippen LogP contribution in [0.4, 0.5) is 5.69 Å². The molecule has 29 heavy (non-hydrogen) atoms. The summed E-state index contributed by atoms with van der Waals surface area (Å²) in [4.78, 5) is 14.5. The van der Waals surface area contributed by atoms with Crippen LogP contribution in [0, 0.1) is 0 Å². The van der Waals surface area contributed by atoms with Crippen LogP contribution < -0.4 is 14.4 Å². The summed E-state index contributed by atoms with van der Waals surface area (Å²) in [6.45, 7) is 0.956. The van der Waals surface area contributed by atoms with Gasteiger partial charge in [-0.05, 0) is 75.6 Å². The van der Waals surface area contributed by atoms with Crippen molar-refractivity contribution in [1.29, 1.82) is 0 Å². The second-order valence-electron chi connectivity index (χ2n) is 6.67. The zero-order valence-electron chi connectivity index (χ0n) is 16.8. The topological polar surface area (TPSA) is 79.0 Å². The van der Waals surface area contributed by atoms with Crippen LogP contribution in [-0.2, 0) is 14.8 Å². The molecule has 9 heteroatoms. The highest BCUT2D eigenvalue weighted by Crippen LogP contribution is 2.26. The predicted octanol–water partition coefficient (Wildman–Crippen LogP) is 2.61. The molecule has 0 saturated heterocycles. The van der Waals surface area contributed by atoms with Crippen molar-refractivity contribution in [2.45, 2.75) is 11.3 Å². The molecule has 2 aromatic carbocycles. The average Bonchev–Trinajstić information content (AvgIpc) is 2.70. The van der Waals surface area contributed by atoms with Gasteiger partial charge in [0.25, 0.3) is 10.0 Å². The normalized spacial score (nSPS) is 11.3. The summed E-state index contributed by atoms with van der Waals surface area (Å²) in [6.07, 6.45) is 0.769. The second-order valence-corrected chi connectivity index (χ2v) is 8.97. The summed E-state index contributed by atoms with van der Waals surface area (Å²) >= 11 is 5.93. The van der Waals surface area contributed by atoms with Gasteiger partial charge in [-0.3, -0.25) is 9.10 Å². The first-order valence-corrected chi connectivity index (χ1v) is 10.9. The van der Waals surface area contributed by atoms with Gasteiger partial charge in [-0.2, -0.15) is 0 Å². The van der Waals surface area contributed by atoms with Crippen LogP contribution in [0.1, 0.15) is 6.42 Å². The Hall–Kier alpha value is -2.29. The van der Waals surface area contributed by atoms with E-state index in [1.165, 1.54) is 19.2 Å². The van der Waals surface area contributed by atoms with Crippen LogP contribution in [-0.4, -0.2) is 60.1 Å². The van der Waals surface area contributed by atoms with Crippen LogP contribution in [0.5, 0.6) is 5.75 Å². The lowest BCUT2D eigenvalue weighted by Gasteiger charge is -2.24. The molecule has 0 atom stereocenters. The maximum Gasteiger partial charge on any atom is 0.264 e. The third-order valence-electron chi connectivity index (χ3n) is 4.15. The van der Waals surface area contributed by atoms with E-state index in [0.29, 0.717) is 23.0 Å². The number of ether oxygens (including phenoxy) is 1. The van der Waals surface area contributed by atoms with Crippen LogP contribution in [0.2, 0.25) is 5.02 Å². The van der Waals surface area contributed by atoms with Crippen molar-refractivity contribution in [3.05, 3.63) is 53.6 Å². The number of benzene rings is 2. The Morgan fingerprint density at radius 1 is 1.07 bits per heavy atom. The van der Waals surface area contributed by atoms with Gasteiger partial charge in [0.1, 0.15) is 12.3 Å². The molecule has 0 aliphatic heterocycles. The number of hydrogen-bond acceptors (Lipinski definition) is 5. The fraction of sp³-hybridized carbons (Fsp3) is 0.350. The molecule has 7 nitrogen and oxygen atoms in total. The van der Waals surface area contributed by atoms with Crippen LogP contribution >= 0.6 is 11.6 Å². The minimum absolute atomic E-state index is 0.0636. The molecule has 0 aliphatic rings. The molecule has 0 bridgehead atoms. The van der Waals surface area contributed by atoms with Gasteiger partial charge >= 0.3 is 0 Å². The molecule has 0 saturated carbocycles. The quantitative estimate of drug-likeness (QED) is 0.576. The standard InChI is InChI=1S/C20H26ClN3O4S/c1-23(2)14-4-13-22-20(25)15-24(17-7-5-16(21)6-8-17)29(26,27)19-11-9-18(28-3)10-12-19/h5-12H,4,13-15H2,1-3H3,(H,22,25). The number of methoxy groups -OCH3 is 1. The minimum Gasteiger partial charge on any atom is -0.497 e. The molecule has 0 unspecified atom stereocenters. The lowest BCUT2D eigenvalue weighted by Crippen LogP contribution is -2.41. The van der Waals surface area contributed by atoms with Crippen LogP contribution in [0.25, 0.3) is 0 Å². The maximum absolute atomic E-state index is 13.2. The molecule has 0 fully saturated rings. The van der Waals surface area contributed by atoms with Crippen molar-refractivity contribution in [2.75, 3.05) is 45.1 Å². The second kappa shape index (κ2) is 10.5. The van der Waals surface area contributed by atoms with Crippen molar-refractivity contribution in [1.82, 2.24) is 10.2 Å². The van der Waals surface area contributed by atoms with E-state index in [9.17, 15) is 13.2 Å². The molecular weight excluding hydrogens is 414 g/mol. The molecule has 1 amide bonds. The smallest absolute Gasteiger partial charge is 0.264 e. The number of carbonyl (C=O) groups excluding carboxylic acids is 1. The number of anilines is 1. The maximum atomic E-state index is 13.2. The van der Waals surface area contributed by atoms with Crippen LogP contribution in [0.3, 0.4) is 0 Å². The molecule has 2 rings (SSSR count). The first kappa shape index (κ1) is 23.0. The number of nitrogens with one attached hydrogen (secondary N) is 1. The molecule has 158 valence electrons. The average molecular weight is 440 g/mol. The van der Waals surface area contributed by atoms with E-state index >= 15 is 0 Å². The van der Waals surface area contributed by atoms with E-state index in [1.54, 1.807) is 36.4 Å². The van der Waals surface area contributed by atoms with Gasteiger partial charge in [-0.25, -0.2) is 8.42 Å². The summed E-state index contributed by atoms with van der Waals surface area (Å²) in [5, 5.41) is 3.25. The van der Waals surface area contributed by atoms with Gasteiger partial charge in [-0.15, -0.1) is 0 Å². The molecule has 2 aromatic rings. The lowest BCUT2D eigenvalue weighted by atomic mass is 10.3.